The Balaban J connectivity index is 5.71. The lowest BCUT2D eigenvalue weighted by Crippen LogP contribution is -2.60. The van der Waals surface area contributed by atoms with Crippen LogP contribution in [-0.4, -0.2) is 42.9 Å². The summed E-state index contributed by atoms with van der Waals surface area (Å²) in [7, 11) is -5.92. The Kier molecular flexibility index (Phi) is 7.20. The Hall–Kier alpha value is -0.510. The fourth-order valence-electron chi connectivity index (χ4n) is 1.60. The first kappa shape index (κ1) is 21.5. The van der Waals surface area contributed by atoms with Crippen LogP contribution < -0.4 is 0 Å². The molecule has 134 valence electrons. The first-order valence-electron chi connectivity index (χ1n) is 6.90. The van der Waals surface area contributed by atoms with Gasteiger partial charge < -0.3 is 0 Å². The van der Waals surface area contributed by atoms with Crippen molar-refractivity contribution in [2.45, 2.75) is 63.6 Å². The molecule has 3 nitrogen and oxygen atoms in total. The number of halogens is 6. The van der Waals surface area contributed by atoms with Gasteiger partial charge in [0.1, 0.15) is 0 Å². The molecule has 0 amide bonds. The molecule has 0 aromatic carbocycles. The summed E-state index contributed by atoms with van der Waals surface area (Å²) in [6.07, 6.45) is 1.19. The van der Waals surface area contributed by atoms with E-state index in [4.69, 9.17) is 0 Å². The number of unbranched alkanes of at least 4 members (excludes halogenated alkanes) is 2. The van der Waals surface area contributed by atoms with Gasteiger partial charge >= 0.3 is 17.1 Å². The second kappa shape index (κ2) is 7.37. The Morgan fingerprint density at radius 2 is 1.23 bits per heavy atom. The van der Waals surface area contributed by atoms with Gasteiger partial charge in [0.15, 0.2) is 0 Å². The molecule has 22 heavy (non-hydrogen) atoms. The fourth-order valence-corrected chi connectivity index (χ4v) is 3.17. The van der Waals surface area contributed by atoms with Crippen LogP contribution in [0.3, 0.4) is 0 Å². The van der Waals surface area contributed by atoms with Crippen LogP contribution in [0.15, 0.2) is 0 Å². The molecule has 0 aromatic heterocycles. The topological polar surface area (TPSA) is 37.4 Å². The average molecular weight is 357 g/mol. The maximum atomic E-state index is 13.7. The summed E-state index contributed by atoms with van der Waals surface area (Å²) in [6.45, 7) is 2.04. The van der Waals surface area contributed by atoms with Crippen molar-refractivity contribution in [2.75, 3.05) is 13.1 Å². The van der Waals surface area contributed by atoms with Crippen LogP contribution in [-0.2, 0) is 10.0 Å². The highest BCUT2D eigenvalue weighted by Gasteiger charge is 2.76. The van der Waals surface area contributed by atoms with Crippen LogP contribution in [0.1, 0.15) is 46.5 Å². The molecule has 0 saturated heterocycles. The Morgan fingerprint density at radius 3 is 1.50 bits per heavy atom. The Bertz CT molecular complexity index is 439. The molecule has 0 aliphatic heterocycles. The SMILES string of the molecule is CCCCN(CCCC)S(=O)(=O)C(F)(F)C(F)(F)C(C)(F)F. The summed E-state index contributed by atoms with van der Waals surface area (Å²) < 4.78 is 103. The molecule has 0 aliphatic rings. The van der Waals surface area contributed by atoms with Gasteiger partial charge in [-0.3, -0.25) is 0 Å². The standard InChI is InChI=1S/C12H21F6NO2S/c1-4-6-8-19(9-7-5-2)22(20,21)12(17,18)11(15,16)10(3,13)14/h4-9H2,1-3H3. The first-order chi connectivity index (χ1) is 9.77. The first-order valence-corrected chi connectivity index (χ1v) is 8.34. The summed E-state index contributed by atoms with van der Waals surface area (Å²) in [4.78, 5) is 0. The van der Waals surface area contributed by atoms with Gasteiger partial charge in [0.2, 0.25) is 0 Å². The highest BCUT2D eigenvalue weighted by atomic mass is 32.2. The lowest BCUT2D eigenvalue weighted by Gasteiger charge is -2.34. The molecule has 0 fully saturated rings. The van der Waals surface area contributed by atoms with Crippen LogP contribution in [0.25, 0.3) is 0 Å². The van der Waals surface area contributed by atoms with Gasteiger partial charge in [0, 0.05) is 20.0 Å². The van der Waals surface area contributed by atoms with E-state index in [1.165, 1.54) is 0 Å². The van der Waals surface area contributed by atoms with E-state index in [0.29, 0.717) is 12.8 Å². The maximum absolute atomic E-state index is 13.7. The van der Waals surface area contributed by atoms with Gasteiger partial charge in [-0.2, -0.15) is 30.6 Å². The Morgan fingerprint density at radius 1 is 0.864 bits per heavy atom. The van der Waals surface area contributed by atoms with Crippen LogP contribution in [0.4, 0.5) is 26.3 Å². The summed E-state index contributed by atoms with van der Waals surface area (Å²) in [5.41, 5.74) is 0. The van der Waals surface area contributed by atoms with E-state index in [1.54, 1.807) is 13.8 Å². The van der Waals surface area contributed by atoms with Crippen LogP contribution in [0.2, 0.25) is 0 Å². The monoisotopic (exact) mass is 357 g/mol. The molecule has 0 saturated carbocycles. The number of hydrogen-bond acceptors (Lipinski definition) is 2. The van der Waals surface area contributed by atoms with Crippen LogP contribution >= 0.6 is 0 Å². The van der Waals surface area contributed by atoms with E-state index in [-0.39, 0.29) is 17.1 Å². The van der Waals surface area contributed by atoms with E-state index < -0.39 is 47.1 Å². The van der Waals surface area contributed by atoms with E-state index in [9.17, 15) is 34.8 Å². The summed E-state index contributed by atoms with van der Waals surface area (Å²) in [6, 6.07) is 0. The number of hydrogen-bond donors (Lipinski definition) is 0. The highest BCUT2D eigenvalue weighted by Crippen LogP contribution is 2.49. The predicted molar refractivity (Wildman–Crippen MR) is 70.8 cm³/mol. The minimum atomic E-state index is -6.00. The van der Waals surface area contributed by atoms with Crippen molar-refractivity contribution < 1.29 is 34.8 Å². The minimum absolute atomic E-state index is 0.160. The molecule has 0 heterocycles. The third-order valence-corrected chi connectivity index (χ3v) is 5.05. The van der Waals surface area contributed by atoms with Crippen molar-refractivity contribution in [3.63, 3.8) is 0 Å². The zero-order valence-electron chi connectivity index (χ0n) is 12.7. The maximum Gasteiger partial charge on any atom is 0.427 e. The molecule has 0 N–H and O–H groups in total. The van der Waals surface area contributed by atoms with Crippen molar-refractivity contribution in [3.05, 3.63) is 0 Å². The van der Waals surface area contributed by atoms with Gasteiger partial charge in [0.25, 0.3) is 10.0 Å². The zero-order chi connectivity index (χ0) is 17.8. The molecule has 0 aromatic rings. The van der Waals surface area contributed by atoms with E-state index >= 15 is 0 Å². The van der Waals surface area contributed by atoms with Crippen LogP contribution in [0.5, 0.6) is 0 Å². The van der Waals surface area contributed by atoms with Gasteiger partial charge in [-0.05, 0) is 12.8 Å². The largest absolute Gasteiger partial charge is 0.427 e. The van der Waals surface area contributed by atoms with E-state index in [1.807, 2.05) is 0 Å². The lowest BCUT2D eigenvalue weighted by molar-refractivity contribution is -0.272. The molecule has 0 aliphatic carbocycles. The summed E-state index contributed by atoms with van der Waals surface area (Å²) in [5, 5.41) is -5.89. The smallest absolute Gasteiger partial charge is 0.206 e. The zero-order valence-corrected chi connectivity index (χ0v) is 13.5. The van der Waals surface area contributed by atoms with Crippen molar-refractivity contribution in [1.82, 2.24) is 4.31 Å². The summed E-state index contributed by atoms with van der Waals surface area (Å²) in [5.74, 6) is -11.2. The van der Waals surface area contributed by atoms with E-state index in [0.717, 1.165) is 0 Å². The number of rotatable bonds is 10. The molecular formula is C12H21F6NO2S. The van der Waals surface area contributed by atoms with Gasteiger partial charge in [0.05, 0.1) is 0 Å². The highest BCUT2D eigenvalue weighted by molar-refractivity contribution is 7.90. The van der Waals surface area contributed by atoms with Crippen molar-refractivity contribution in [1.29, 1.82) is 0 Å². The van der Waals surface area contributed by atoms with Crippen molar-refractivity contribution in [2.24, 2.45) is 0 Å². The second-order valence-corrected chi connectivity index (χ2v) is 7.07. The Labute approximate surface area is 126 Å². The number of nitrogens with zero attached hydrogens (tertiary/aromatic N) is 1. The normalized spacial score (nSPS) is 14.6. The van der Waals surface area contributed by atoms with Crippen LogP contribution in [0, 0.1) is 0 Å². The molecular weight excluding hydrogens is 336 g/mol. The third kappa shape index (κ3) is 4.06. The fraction of sp³-hybridized carbons (Fsp3) is 1.00. The minimum Gasteiger partial charge on any atom is -0.206 e. The van der Waals surface area contributed by atoms with Gasteiger partial charge in [-0.25, -0.2) is 8.42 Å². The molecule has 10 heteroatoms. The van der Waals surface area contributed by atoms with Crippen molar-refractivity contribution in [3.8, 4) is 0 Å². The molecule has 0 spiro atoms. The summed E-state index contributed by atoms with van der Waals surface area (Å²) >= 11 is 0. The second-order valence-electron chi connectivity index (χ2n) is 5.09. The molecule has 0 unspecified atom stereocenters. The number of sulfonamides is 1. The molecule has 0 atom stereocenters. The molecule has 0 rings (SSSR count). The predicted octanol–water partition coefficient (Wildman–Crippen LogP) is 4.10. The number of alkyl halides is 6. The average Bonchev–Trinajstić information content (AvgIpc) is 2.36. The van der Waals surface area contributed by atoms with Gasteiger partial charge in [-0.15, -0.1) is 0 Å². The molecule has 0 radical (unpaired) electrons. The lowest BCUT2D eigenvalue weighted by atomic mass is 10.2. The van der Waals surface area contributed by atoms with Crippen molar-refractivity contribution >= 4 is 10.0 Å². The quantitative estimate of drug-likeness (QED) is 0.552. The molecule has 0 bridgehead atoms. The van der Waals surface area contributed by atoms with E-state index in [2.05, 4.69) is 0 Å². The third-order valence-electron chi connectivity index (χ3n) is 3.10. The van der Waals surface area contributed by atoms with Gasteiger partial charge in [-0.1, -0.05) is 26.7 Å².